The summed E-state index contributed by atoms with van der Waals surface area (Å²) in [6.07, 6.45) is 13.7. The third-order valence-electron chi connectivity index (χ3n) is 24.2. The summed E-state index contributed by atoms with van der Waals surface area (Å²) in [6, 6.07) is 9.27. The Morgan fingerprint density at radius 2 is 0.724 bits per heavy atom. The minimum atomic E-state index is -2.00. The number of carboxylic acid groups (broad SMARTS) is 2. The van der Waals surface area contributed by atoms with Crippen LogP contribution in [0.1, 0.15) is 334 Å². The highest BCUT2D eigenvalue weighted by molar-refractivity contribution is 5.96. The first-order valence-corrected chi connectivity index (χ1v) is 47.5. The van der Waals surface area contributed by atoms with Crippen LogP contribution in [0.4, 0.5) is 0 Å². The van der Waals surface area contributed by atoms with Gasteiger partial charge in [0.05, 0.1) is 83.7 Å². The van der Waals surface area contributed by atoms with E-state index in [-0.39, 0.29) is 118 Å². The molecule has 0 saturated carbocycles. The van der Waals surface area contributed by atoms with Crippen molar-refractivity contribution < 1.29 is 115 Å². The molecule has 6 N–H and O–H groups in total. The summed E-state index contributed by atoms with van der Waals surface area (Å²) in [5.74, 6) is -10.0. The molecular formula is C100H132N8O26. The van der Waals surface area contributed by atoms with Crippen molar-refractivity contribution in [3.8, 4) is 34.3 Å². The van der Waals surface area contributed by atoms with Crippen molar-refractivity contribution in [1.82, 2.24) is 40.4 Å². The number of aliphatic carboxylic acids is 2. The average Bonchev–Trinajstić information content (AvgIpc) is 1.55. The maximum Gasteiger partial charge on any atom is 0.355 e. The van der Waals surface area contributed by atoms with Crippen LogP contribution in [0.25, 0.3) is 44.6 Å². The molecule has 4 unspecified atom stereocenters. The molecule has 728 valence electrons. The quantitative estimate of drug-likeness (QED) is 0.00892. The molecule has 134 heavy (non-hydrogen) atoms. The second-order valence-electron chi connectivity index (χ2n) is 36.6. The van der Waals surface area contributed by atoms with Crippen molar-refractivity contribution in [3.05, 3.63) is 114 Å². The smallest absolute Gasteiger partial charge is 0.355 e. The number of aryl methyl sites for hydroxylation is 2. The molecule has 0 spiro atoms. The number of pyridine rings is 4. The Morgan fingerprint density at radius 1 is 0.410 bits per heavy atom. The third kappa shape index (κ3) is 27.1. The summed E-state index contributed by atoms with van der Waals surface area (Å²) in [6.45, 7) is 25.5. The number of aromatic nitrogens is 4. The Bertz CT molecular complexity index is 5500. The number of unbranched alkanes of at least 4 members (excludes halogenated alkanes) is 12. The highest BCUT2D eigenvalue weighted by atomic mass is 16.6. The summed E-state index contributed by atoms with van der Waals surface area (Å²) in [4.78, 5) is 219. The minimum Gasteiger partial charge on any atom is -0.480 e. The molecule has 6 aromatic rings. The van der Waals surface area contributed by atoms with E-state index in [9.17, 15) is 86.9 Å². The molecule has 4 aromatic heterocycles. The van der Waals surface area contributed by atoms with Crippen LogP contribution in [0.15, 0.2) is 58.1 Å². The molecule has 34 nitrogen and oxygen atoms in total. The van der Waals surface area contributed by atoms with E-state index in [1.807, 2.05) is 27.7 Å². The fraction of sp³-hybridized carbons (Fsp3) is 0.580. The van der Waals surface area contributed by atoms with Gasteiger partial charge in [-0.2, -0.15) is 0 Å². The second kappa shape index (κ2) is 48.1. The van der Waals surface area contributed by atoms with Crippen molar-refractivity contribution >= 4 is 105 Å². The van der Waals surface area contributed by atoms with Gasteiger partial charge < -0.3 is 78.5 Å². The number of hydrogen-bond donors (Lipinski definition) is 6. The van der Waals surface area contributed by atoms with Gasteiger partial charge in [-0.05, 0) is 153 Å². The Labute approximate surface area is 780 Å². The largest absolute Gasteiger partial charge is 0.480 e. The fourth-order valence-corrected chi connectivity index (χ4v) is 17.2. The van der Waals surface area contributed by atoms with Crippen LogP contribution in [0.3, 0.4) is 0 Å². The standard InChI is InChI=1S/C54H74N4O13.C46H58N4O13/c1-11-15-17-19-21-40(49(64)70-52(5,6)7)55-43(59)25-27-45(61)68-33-23-24-39-35(29-33)34(13-3)36-31-58-42(47(36)57-39)30-38-37(48(58)63)32-67-51(66)54(38,14-4)69-46(62)28-26-44(60)56-41(22-20-18-16-12-2)50(65)71-53(8,9)10;1-5-9-11-13-15-34(43(56)57)47-37(51)19-21-39(53)62-27-17-18-33-29(23-27)28(7-3)30-25-50-36(41(30)49-33)24-32-31(42(50)55)26-61-45(60)46(32,8-4)63-40(54)22-20-38(52)48-35(44(58)59)16-14-12-10-6-2/h23-24,29-30,40-41H,11-22,25-28,31-32H2,1-10H3,(H,55,59)(H,56,60);17-18,23-24,34-35H,5-16,19-22,25-26H2,1-4H3,(H,47,51)(H,48,52)(H,56,57)(H,58,59)/t40?,41?,54-;34?,35?,46-/m00/s1. The maximum atomic E-state index is 14.3. The van der Waals surface area contributed by atoms with Crippen LogP contribution in [-0.2, 0) is 146 Å². The van der Waals surface area contributed by atoms with E-state index in [4.69, 9.17) is 47.9 Å². The van der Waals surface area contributed by atoms with Gasteiger partial charge in [-0.1, -0.05) is 158 Å². The van der Waals surface area contributed by atoms with Crippen LogP contribution in [-0.4, -0.2) is 148 Å². The van der Waals surface area contributed by atoms with Crippen LogP contribution < -0.4 is 41.9 Å². The molecule has 0 bridgehead atoms. The van der Waals surface area contributed by atoms with Crippen molar-refractivity contribution in [2.45, 2.75) is 375 Å². The van der Waals surface area contributed by atoms with Gasteiger partial charge in [-0.25, -0.2) is 38.7 Å². The van der Waals surface area contributed by atoms with E-state index in [0.29, 0.717) is 95.9 Å². The zero-order chi connectivity index (χ0) is 98.1. The predicted octanol–water partition coefficient (Wildman–Crippen LogP) is 14.0. The zero-order valence-corrected chi connectivity index (χ0v) is 79.9. The Morgan fingerprint density at radius 3 is 1.02 bits per heavy atom. The van der Waals surface area contributed by atoms with Crippen LogP contribution in [0.5, 0.6) is 11.5 Å². The number of nitrogens with zero attached hydrogens (tertiary/aromatic N) is 4. The number of carboxylic acids is 2. The SMILES string of the molecule is CCCCCCC(NC(=O)CCC(=O)Oc1ccc2nc3c(c(CC)c2c1)Cn1c-3cc2c(c1=O)COC(=O)[C@@]2(CC)OC(=O)CCC(=O)NC(CCCCCC)C(=O)O)C(=O)O.CCCCCCC(NC(=O)CCC(=O)Oc1ccc2nc3c(c(CC)c2c1)Cn1c-3cc2c(c1=O)COC(=O)[C@@]2(CC)OC(=O)CCC(=O)NC(CCCCCC)C(=O)OC(C)(C)C)C(=O)OC(C)(C)C. The van der Waals surface area contributed by atoms with Crippen molar-refractivity contribution in [2.24, 2.45) is 0 Å². The molecule has 0 saturated heterocycles. The molecule has 0 aliphatic carbocycles. The summed E-state index contributed by atoms with van der Waals surface area (Å²) in [5, 5.41) is 30.9. The molecule has 10 rings (SSSR count). The van der Waals surface area contributed by atoms with Crippen LogP contribution >= 0.6 is 0 Å². The molecule has 4 aliphatic heterocycles. The molecule has 0 fully saturated rings. The number of ether oxygens (including phenoxy) is 8. The van der Waals surface area contributed by atoms with Gasteiger partial charge >= 0.3 is 59.7 Å². The molecule has 8 heterocycles. The van der Waals surface area contributed by atoms with E-state index in [1.54, 1.807) is 108 Å². The van der Waals surface area contributed by atoms with E-state index in [0.717, 1.165) is 106 Å². The maximum absolute atomic E-state index is 14.3. The third-order valence-corrected chi connectivity index (χ3v) is 24.2. The lowest BCUT2D eigenvalue weighted by atomic mass is 9.85. The normalized spacial score (nSPS) is 15.9. The van der Waals surface area contributed by atoms with Gasteiger partial charge in [0.1, 0.15) is 60.1 Å². The number of cyclic esters (lactones) is 2. The van der Waals surface area contributed by atoms with E-state index >= 15 is 0 Å². The summed E-state index contributed by atoms with van der Waals surface area (Å²) >= 11 is 0. The minimum absolute atomic E-state index is 0.0751. The van der Waals surface area contributed by atoms with Crippen molar-refractivity contribution in [1.29, 1.82) is 0 Å². The summed E-state index contributed by atoms with van der Waals surface area (Å²) < 4.78 is 48.2. The highest BCUT2D eigenvalue weighted by Crippen LogP contribution is 2.46. The first-order chi connectivity index (χ1) is 63.7. The molecular weight excluding hydrogens is 1730 g/mol. The lowest BCUT2D eigenvalue weighted by Crippen LogP contribution is -2.47. The Kier molecular flexibility index (Phi) is 37.8. The zero-order valence-electron chi connectivity index (χ0n) is 79.9. The van der Waals surface area contributed by atoms with Crippen molar-refractivity contribution in [2.75, 3.05) is 0 Å². The number of esters is 8. The molecule has 6 atom stereocenters. The monoisotopic (exact) mass is 1860 g/mol. The summed E-state index contributed by atoms with van der Waals surface area (Å²) in [5.41, 5.74) is 0.250. The molecule has 0 radical (unpaired) electrons. The van der Waals surface area contributed by atoms with Gasteiger partial charge in [0.15, 0.2) is 0 Å². The van der Waals surface area contributed by atoms with Gasteiger partial charge in [0.25, 0.3) is 11.1 Å². The molecule has 34 heteroatoms. The van der Waals surface area contributed by atoms with Gasteiger partial charge in [0, 0.05) is 58.7 Å². The highest BCUT2D eigenvalue weighted by Gasteiger charge is 2.53. The number of amides is 4. The number of benzene rings is 2. The fourth-order valence-electron chi connectivity index (χ4n) is 17.2. The molecule has 2 aromatic carbocycles. The molecule has 4 amide bonds. The van der Waals surface area contributed by atoms with E-state index < -0.39 is 154 Å². The van der Waals surface area contributed by atoms with Gasteiger partial charge in [-0.3, -0.25) is 47.9 Å². The molecule has 4 aliphatic rings. The van der Waals surface area contributed by atoms with E-state index in [1.165, 1.54) is 4.57 Å². The topological polar surface area (TPSA) is 471 Å². The lowest BCUT2D eigenvalue weighted by molar-refractivity contribution is -0.189. The van der Waals surface area contributed by atoms with Crippen LogP contribution in [0, 0.1) is 0 Å². The van der Waals surface area contributed by atoms with Crippen molar-refractivity contribution in [3.63, 3.8) is 0 Å². The number of carbonyl (C=O) groups excluding carboxylic acids is 12. The number of carbonyl (C=O) groups is 14. The van der Waals surface area contributed by atoms with Gasteiger partial charge in [-0.15, -0.1) is 0 Å². The first kappa shape index (κ1) is 105. The van der Waals surface area contributed by atoms with Crippen LogP contribution in [0.2, 0.25) is 0 Å². The number of nitrogens with one attached hydrogen (secondary N) is 4. The summed E-state index contributed by atoms with van der Waals surface area (Å²) in [7, 11) is 0. The second-order valence-corrected chi connectivity index (χ2v) is 36.6. The Hall–Kier alpha value is -12.3. The predicted molar refractivity (Wildman–Crippen MR) is 493 cm³/mol. The van der Waals surface area contributed by atoms with Gasteiger partial charge in [0.2, 0.25) is 34.8 Å². The average molecular weight is 1860 g/mol. The lowest BCUT2D eigenvalue weighted by Gasteiger charge is -2.35. The van der Waals surface area contributed by atoms with E-state index in [2.05, 4.69) is 35.1 Å². The Balaban J connectivity index is 0.000000303. The number of hydrogen-bond acceptors (Lipinski definition) is 26. The first-order valence-electron chi connectivity index (χ1n) is 47.5. The number of fused-ring (bicyclic) bond motifs is 10. The number of rotatable bonds is 48.